The average Bonchev–Trinajstić information content (AvgIpc) is 2.49. The van der Waals surface area contributed by atoms with Gasteiger partial charge in [0.2, 0.25) is 0 Å². The van der Waals surface area contributed by atoms with Gasteiger partial charge in [-0.25, -0.2) is 0 Å². The van der Waals surface area contributed by atoms with Gasteiger partial charge in [-0.2, -0.15) is 0 Å². The molecule has 0 amide bonds. The van der Waals surface area contributed by atoms with Crippen LogP contribution in [0.1, 0.15) is 18.9 Å². The summed E-state index contributed by atoms with van der Waals surface area (Å²) in [4.78, 5) is 4.95. The van der Waals surface area contributed by atoms with E-state index in [1.165, 1.54) is 44.7 Å². The van der Waals surface area contributed by atoms with Crippen molar-refractivity contribution in [2.75, 3.05) is 53.5 Å². The maximum absolute atomic E-state index is 5.69. The van der Waals surface area contributed by atoms with Gasteiger partial charge >= 0.3 is 0 Å². The molecule has 1 aliphatic heterocycles. The van der Waals surface area contributed by atoms with Gasteiger partial charge in [0, 0.05) is 26.2 Å². The predicted molar refractivity (Wildman–Crippen MR) is 94.1 cm³/mol. The Morgan fingerprint density at radius 1 is 1.18 bits per heavy atom. The molecule has 5 heteroatoms. The Morgan fingerprint density at radius 3 is 2.55 bits per heavy atom. The van der Waals surface area contributed by atoms with E-state index in [-0.39, 0.29) is 0 Å². The van der Waals surface area contributed by atoms with E-state index >= 15 is 0 Å². The lowest BCUT2D eigenvalue weighted by molar-refractivity contribution is 0.153. The van der Waals surface area contributed by atoms with E-state index in [9.17, 15) is 0 Å². The Bertz CT molecular complexity index is 474. The number of methoxy groups -OCH3 is 1. The Labute approximate surface area is 142 Å². The molecule has 0 aliphatic carbocycles. The second kappa shape index (κ2) is 8.75. The summed E-state index contributed by atoms with van der Waals surface area (Å²) in [6, 6.07) is 4.25. The zero-order valence-electron chi connectivity index (χ0n) is 13.9. The fraction of sp³-hybridized carbons (Fsp3) is 0.647. The molecule has 1 fully saturated rings. The first kappa shape index (κ1) is 17.6. The molecule has 0 N–H and O–H groups in total. The molecule has 4 nitrogen and oxygen atoms in total. The zero-order chi connectivity index (χ0) is 15.9. The van der Waals surface area contributed by atoms with Gasteiger partial charge in [0.15, 0.2) is 11.5 Å². The highest BCUT2D eigenvalue weighted by Crippen LogP contribution is 2.36. The van der Waals surface area contributed by atoms with Crippen LogP contribution in [-0.4, -0.2) is 63.3 Å². The van der Waals surface area contributed by atoms with Crippen molar-refractivity contribution in [1.82, 2.24) is 9.80 Å². The van der Waals surface area contributed by atoms with Gasteiger partial charge in [0.1, 0.15) is 0 Å². The SMILES string of the molecule is CCOc1cc(CCCN2CCN(C)CC2)cc(Br)c1OC. The summed E-state index contributed by atoms with van der Waals surface area (Å²) in [5, 5.41) is 0. The Morgan fingerprint density at radius 2 is 1.91 bits per heavy atom. The van der Waals surface area contributed by atoms with Crippen molar-refractivity contribution >= 4 is 15.9 Å². The molecule has 1 saturated heterocycles. The normalized spacial score (nSPS) is 16.7. The lowest BCUT2D eigenvalue weighted by atomic mass is 10.1. The van der Waals surface area contributed by atoms with Crippen molar-refractivity contribution in [3.05, 3.63) is 22.2 Å². The maximum Gasteiger partial charge on any atom is 0.174 e. The molecule has 22 heavy (non-hydrogen) atoms. The standard InChI is InChI=1S/C17H27BrN2O2/c1-4-22-16-13-14(12-15(18)17(16)21-3)6-5-7-20-10-8-19(2)9-11-20/h12-13H,4-11H2,1-3H3. The first-order valence-corrected chi connectivity index (χ1v) is 8.83. The van der Waals surface area contributed by atoms with E-state index in [2.05, 4.69) is 44.9 Å². The highest BCUT2D eigenvalue weighted by molar-refractivity contribution is 9.10. The number of nitrogens with zero attached hydrogens (tertiary/aromatic N) is 2. The Balaban J connectivity index is 1.89. The molecule has 1 heterocycles. The Kier molecular flexibility index (Phi) is 6.99. The summed E-state index contributed by atoms with van der Waals surface area (Å²) in [7, 11) is 3.87. The molecule has 2 rings (SSSR count). The lowest BCUT2D eigenvalue weighted by Crippen LogP contribution is -2.44. The maximum atomic E-state index is 5.69. The largest absolute Gasteiger partial charge is 0.492 e. The third-order valence-electron chi connectivity index (χ3n) is 4.11. The summed E-state index contributed by atoms with van der Waals surface area (Å²) in [5.41, 5.74) is 1.30. The number of halogens is 1. The van der Waals surface area contributed by atoms with E-state index in [4.69, 9.17) is 9.47 Å². The van der Waals surface area contributed by atoms with Crippen LogP contribution in [0.2, 0.25) is 0 Å². The summed E-state index contributed by atoms with van der Waals surface area (Å²) in [6.45, 7) is 8.55. The van der Waals surface area contributed by atoms with Gasteiger partial charge in [0.25, 0.3) is 0 Å². The van der Waals surface area contributed by atoms with Gasteiger partial charge in [0.05, 0.1) is 18.2 Å². The number of aryl methyl sites for hydroxylation is 1. The van der Waals surface area contributed by atoms with Gasteiger partial charge in [-0.1, -0.05) is 0 Å². The molecule has 1 aromatic rings. The quantitative estimate of drug-likeness (QED) is 0.736. The molecule has 1 aliphatic rings. The van der Waals surface area contributed by atoms with Crippen LogP contribution in [-0.2, 0) is 6.42 Å². The van der Waals surface area contributed by atoms with E-state index in [1.807, 2.05) is 6.92 Å². The van der Waals surface area contributed by atoms with Crippen molar-refractivity contribution < 1.29 is 9.47 Å². The van der Waals surface area contributed by atoms with Gasteiger partial charge in [-0.15, -0.1) is 0 Å². The summed E-state index contributed by atoms with van der Waals surface area (Å²) >= 11 is 3.58. The van der Waals surface area contributed by atoms with Crippen molar-refractivity contribution in [2.24, 2.45) is 0 Å². The fourth-order valence-electron chi connectivity index (χ4n) is 2.81. The first-order valence-electron chi connectivity index (χ1n) is 8.04. The van der Waals surface area contributed by atoms with Gasteiger partial charge < -0.3 is 19.3 Å². The minimum Gasteiger partial charge on any atom is -0.492 e. The molecule has 0 aromatic heterocycles. The minimum absolute atomic E-state index is 0.646. The molecule has 0 saturated carbocycles. The van der Waals surface area contributed by atoms with Crippen molar-refractivity contribution in [3.8, 4) is 11.5 Å². The molecule has 0 bridgehead atoms. The van der Waals surface area contributed by atoms with Crippen LogP contribution in [0.15, 0.2) is 16.6 Å². The second-order valence-electron chi connectivity index (χ2n) is 5.79. The zero-order valence-corrected chi connectivity index (χ0v) is 15.5. The Hall–Kier alpha value is -0.780. The van der Waals surface area contributed by atoms with Crippen molar-refractivity contribution in [1.29, 1.82) is 0 Å². The minimum atomic E-state index is 0.646. The average molecular weight is 371 g/mol. The number of benzene rings is 1. The van der Waals surface area contributed by atoms with E-state index < -0.39 is 0 Å². The summed E-state index contributed by atoms with van der Waals surface area (Å²) < 4.78 is 12.1. The van der Waals surface area contributed by atoms with Crippen LogP contribution in [0.4, 0.5) is 0 Å². The number of likely N-dealkylation sites (N-methyl/N-ethyl adjacent to an activating group) is 1. The van der Waals surface area contributed by atoms with Crippen molar-refractivity contribution in [3.63, 3.8) is 0 Å². The van der Waals surface area contributed by atoms with E-state index in [0.29, 0.717) is 6.61 Å². The van der Waals surface area contributed by atoms with Crippen LogP contribution >= 0.6 is 15.9 Å². The van der Waals surface area contributed by atoms with Gasteiger partial charge in [-0.3, -0.25) is 0 Å². The molecule has 124 valence electrons. The topological polar surface area (TPSA) is 24.9 Å². The lowest BCUT2D eigenvalue weighted by Gasteiger charge is -2.32. The number of ether oxygens (including phenoxy) is 2. The second-order valence-corrected chi connectivity index (χ2v) is 6.64. The van der Waals surface area contributed by atoms with Crippen molar-refractivity contribution in [2.45, 2.75) is 19.8 Å². The fourth-order valence-corrected chi connectivity index (χ4v) is 3.46. The highest BCUT2D eigenvalue weighted by Gasteiger charge is 2.14. The molecular weight excluding hydrogens is 344 g/mol. The predicted octanol–water partition coefficient (Wildman–Crippen LogP) is 3.04. The van der Waals surface area contributed by atoms with Crippen LogP contribution in [0.5, 0.6) is 11.5 Å². The highest BCUT2D eigenvalue weighted by atomic mass is 79.9. The molecular formula is C17H27BrN2O2. The van der Waals surface area contributed by atoms with Crippen LogP contribution in [0.25, 0.3) is 0 Å². The number of hydrogen-bond acceptors (Lipinski definition) is 4. The summed E-state index contributed by atoms with van der Waals surface area (Å²) in [5.74, 6) is 1.61. The monoisotopic (exact) mass is 370 g/mol. The molecule has 1 aromatic carbocycles. The number of piperazine rings is 1. The number of rotatable bonds is 7. The van der Waals surface area contributed by atoms with Crippen LogP contribution in [0.3, 0.4) is 0 Å². The smallest absolute Gasteiger partial charge is 0.174 e. The van der Waals surface area contributed by atoms with E-state index in [1.54, 1.807) is 7.11 Å². The van der Waals surface area contributed by atoms with Gasteiger partial charge in [-0.05, 0) is 67.0 Å². The molecule has 0 unspecified atom stereocenters. The third kappa shape index (κ3) is 4.86. The van der Waals surface area contributed by atoms with Crippen LogP contribution in [0, 0.1) is 0 Å². The third-order valence-corrected chi connectivity index (χ3v) is 4.70. The molecule has 0 spiro atoms. The van der Waals surface area contributed by atoms with E-state index in [0.717, 1.165) is 22.4 Å². The summed E-state index contributed by atoms with van der Waals surface area (Å²) in [6.07, 6.45) is 2.24. The first-order chi connectivity index (χ1) is 10.6. The molecule has 0 radical (unpaired) electrons. The number of hydrogen-bond donors (Lipinski definition) is 0. The molecule has 0 atom stereocenters. The van der Waals surface area contributed by atoms with Crippen LogP contribution < -0.4 is 9.47 Å².